The molecule has 3 rings (SSSR count). The monoisotopic (exact) mass is 385 g/mol. The Labute approximate surface area is 167 Å². The van der Waals surface area contributed by atoms with Crippen LogP contribution in [0.1, 0.15) is 74.7 Å². The van der Waals surface area contributed by atoms with E-state index in [1.54, 1.807) is 12.1 Å². The smallest absolute Gasteiger partial charge is 0.325 e. The molecule has 152 valence electrons. The maximum absolute atomic E-state index is 12.8. The highest BCUT2D eigenvalue weighted by molar-refractivity contribution is 6.06. The number of urea groups is 1. The summed E-state index contributed by atoms with van der Waals surface area (Å²) in [7, 11) is 0. The first-order valence-corrected chi connectivity index (χ1v) is 10.5. The minimum Gasteiger partial charge on any atom is -0.339 e. The van der Waals surface area contributed by atoms with Crippen molar-refractivity contribution >= 4 is 17.8 Å². The van der Waals surface area contributed by atoms with E-state index in [9.17, 15) is 14.4 Å². The van der Waals surface area contributed by atoms with Crippen molar-refractivity contribution in [3.8, 4) is 0 Å². The summed E-state index contributed by atoms with van der Waals surface area (Å²) >= 11 is 0. The SMILES string of the molecule is CCCCCCC1(C)NC(=O)N(Cc2ccc(C(=O)N3CCCC3)cc2)C1=O. The Balaban J connectivity index is 1.60. The third kappa shape index (κ3) is 4.37. The van der Waals surface area contributed by atoms with Crippen molar-refractivity contribution in [1.82, 2.24) is 15.1 Å². The molecule has 6 nitrogen and oxygen atoms in total. The van der Waals surface area contributed by atoms with Gasteiger partial charge < -0.3 is 10.2 Å². The van der Waals surface area contributed by atoms with Crippen LogP contribution in [-0.4, -0.2) is 46.3 Å². The third-order valence-electron chi connectivity index (χ3n) is 5.81. The lowest BCUT2D eigenvalue weighted by Gasteiger charge is -2.21. The summed E-state index contributed by atoms with van der Waals surface area (Å²) in [6.07, 6.45) is 7.07. The average Bonchev–Trinajstić information content (AvgIpc) is 3.29. The fraction of sp³-hybridized carbons (Fsp3) is 0.591. The molecule has 2 saturated heterocycles. The zero-order valence-electron chi connectivity index (χ0n) is 17.0. The zero-order chi connectivity index (χ0) is 20.1. The first kappa shape index (κ1) is 20.4. The highest BCUT2D eigenvalue weighted by Crippen LogP contribution is 2.25. The molecule has 1 aromatic carbocycles. The summed E-state index contributed by atoms with van der Waals surface area (Å²) in [4.78, 5) is 40.8. The molecule has 28 heavy (non-hydrogen) atoms. The molecule has 2 aliphatic rings. The van der Waals surface area contributed by atoms with Crippen LogP contribution in [0.15, 0.2) is 24.3 Å². The van der Waals surface area contributed by atoms with E-state index >= 15 is 0 Å². The lowest BCUT2D eigenvalue weighted by molar-refractivity contribution is -0.131. The molecule has 0 radical (unpaired) electrons. The Morgan fingerprint density at radius 3 is 2.39 bits per heavy atom. The van der Waals surface area contributed by atoms with Crippen molar-refractivity contribution in [3.63, 3.8) is 0 Å². The van der Waals surface area contributed by atoms with E-state index in [0.717, 1.165) is 57.2 Å². The van der Waals surface area contributed by atoms with Crippen LogP contribution in [-0.2, 0) is 11.3 Å². The number of amides is 4. The van der Waals surface area contributed by atoms with Gasteiger partial charge in [0.25, 0.3) is 11.8 Å². The molecule has 4 amide bonds. The number of nitrogens with zero attached hydrogens (tertiary/aromatic N) is 2. The fourth-order valence-electron chi connectivity index (χ4n) is 4.00. The largest absolute Gasteiger partial charge is 0.339 e. The maximum Gasteiger partial charge on any atom is 0.325 e. The molecule has 2 heterocycles. The van der Waals surface area contributed by atoms with E-state index in [1.165, 1.54) is 4.90 Å². The molecule has 0 aromatic heterocycles. The molecular formula is C22H31N3O3. The molecule has 1 N–H and O–H groups in total. The quantitative estimate of drug-likeness (QED) is 0.548. The summed E-state index contributed by atoms with van der Waals surface area (Å²) in [6.45, 7) is 5.83. The molecule has 0 bridgehead atoms. The van der Waals surface area contributed by atoms with Gasteiger partial charge in [-0.05, 0) is 43.9 Å². The van der Waals surface area contributed by atoms with Gasteiger partial charge in [0.05, 0.1) is 6.54 Å². The molecule has 1 aromatic rings. The van der Waals surface area contributed by atoms with Crippen molar-refractivity contribution in [1.29, 1.82) is 0 Å². The van der Waals surface area contributed by atoms with Crippen molar-refractivity contribution in [2.24, 2.45) is 0 Å². The van der Waals surface area contributed by atoms with Gasteiger partial charge in [0.2, 0.25) is 0 Å². The number of rotatable bonds is 8. The lowest BCUT2D eigenvalue weighted by Crippen LogP contribution is -2.43. The molecule has 1 atom stereocenters. The Bertz CT molecular complexity index is 725. The number of benzene rings is 1. The van der Waals surface area contributed by atoms with E-state index < -0.39 is 5.54 Å². The number of carbonyl (C=O) groups is 3. The highest BCUT2D eigenvalue weighted by atomic mass is 16.2. The molecule has 1 unspecified atom stereocenters. The predicted octanol–water partition coefficient (Wildman–Crippen LogP) is 3.70. The molecule has 6 heteroatoms. The second kappa shape index (κ2) is 8.76. The van der Waals surface area contributed by atoms with Gasteiger partial charge in [-0.3, -0.25) is 14.5 Å². The van der Waals surface area contributed by atoms with E-state index in [4.69, 9.17) is 0 Å². The van der Waals surface area contributed by atoms with E-state index in [1.807, 2.05) is 24.0 Å². The van der Waals surface area contributed by atoms with Crippen LogP contribution in [0.2, 0.25) is 0 Å². The molecule has 0 saturated carbocycles. The topological polar surface area (TPSA) is 69.7 Å². The van der Waals surface area contributed by atoms with Crippen molar-refractivity contribution in [2.45, 2.75) is 70.9 Å². The van der Waals surface area contributed by atoms with E-state index in [2.05, 4.69) is 12.2 Å². The van der Waals surface area contributed by atoms with Gasteiger partial charge in [-0.2, -0.15) is 0 Å². The number of hydrogen-bond donors (Lipinski definition) is 1. The van der Waals surface area contributed by atoms with Gasteiger partial charge in [-0.1, -0.05) is 44.7 Å². The zero-order valence-corrected chi connectivity index (χ0v) is 17.0. The van der Waals surface area contributed by atoms with Crippen LogP contribution in [0.5, 0.6) is 0 Å². The van der Waals surface area contributed by atoms with Gasteiger partial charge in [0, 0.05) is 18.7 Å². The number of hydrogen-bond acceptors (Lipinski definition) is 3. The minimum atomic E-state index is -0.809. The van der Waals surface area contributed by atoms with Gasteiger partial charge in [0.1, 0.15) is 5.54 Å². The van der Waals surface area contributed by atoms with Gasteiger partial charge >= 0.3 is 6.03 Å². The Morgan fingerprint density at radius 2 is 1.75 bits per heavy atom. The first-order valence-electron chi connectivity index (χ1n) is 10.5. The highest BCUT2D eigenvalue weighted by Gasteiger charge is 2.47. The first-order chi connectivity index (χ1) is 13.4. The average molecular weight is 386 g/mol. The van der Waals surface area contributed by atoms with Gasteiger partial charge in [-0.15, -0.1) is 0 Å². The van der Waals surface area contributed by atoms with E-state index in [0.29, 0.717) is 12.0 Å². The number of imide groups is 1. The predicted molar refractivity (Wildman–Crippen MR) is 108 cm³/mol. The summed E-state index contributed by atoms with van der Waals surface area (Å²) < 4.78 is 0. The second-order valence-electron chi connectivity index (χ2n) is 8.16. The molecular weight excluding hydrogens is 354 g/mol. The standard InChI is InChI=1S/C22H31N3O3/c1-3-4-5-6-13-22(2)20(27)25(21(28)23-22)16-17-9-11-18(12-10-17)19(26)24-14-7-8-15-24/h9-12H,3-8,13-16H2,1-2H3,(H,23,28). The minimum absolute atomic E-state index is 0.0543. The van der Waals surface area contributed by atoms with Crippen molar-refractivity contribution in [2.75, 3.05) is 13.1 Å². The van der Waals surface area contributed by atoms with Crippen LogP contribution in [0.25, 0.3) is 0 Å². The molecule has 0 spiro atoms. The summed E-state index contributed by atoms with van der Waals surface area (Å²) in [5.41, 5.74) is 0.691. The maximum atomic E-state index is 12.8. The number of nitrogens with one attached hydrogen (secondary N) is 1. The summed E-state index contributed by atoms with van der Waals surface area (Å²) in [6, 6.07) is 6.92. The van der Waals surface area contributed by atoms with Crippen LogP contribution < -0.4 is 5.32 Å². The molecule has 0 aliphatic carbocycles. The third-order valence-corrected chi connectivity index (χ3v) is 5.81. The summed E-state index contributed by atoms with van der Waals surface area (Å²) in [5, 5.41) is 2.87. The van der Waals surface area contributed by atoms with Crippen LogP contribution in [0.3, 0.4) is 0 Å². The Kier molecular flexibility index (Phi) is 6.37. The van der Waals surface area contributed by atoms with Crippen LogP contribution >= 0.6 is 0 Å². The van der Waals surface area contributed by atoms with Crippen LogP contribution in [0, 0.1) is 0 Å². The number of carbonyl (C=O) groups excluding carboxylic acids is 3. The van der Waals surface area contributed by atoms with Gasteiger partial charge in [-0.25, -0.2) is 4.79 Å². The fourth-order valence-corrected chi connectivity index (χ4v) is 4.00. The summed E-state index contributed by atoms with van der Waals surface area (Å²) in [5.74, 6) is -0.107. The second-order valence-corrected chi connectivity index (χ2v) is 8.16. The van der Waals surface area contributed by atoms with Crippen molar-refractivity contribution in [3.05, 3.63) is 35.4 Å². The van der Waals surface area contributed by atoms with E-state index in [-0.39, 0.29) is 24.4 Å². The number of likely N-dealkylation sites (tertiary alicyclic amines) is 1. The van der Waals surface area contributed by atoms with Crippen molar-refractivity contribution < 1.29 is 14.4 Å². The van der Waals surface area contributed by atoms with Crippen LogP contribution in [0.4, 0.5) is 4.79 Å². The number of unbranched alkanes of at least 4 members (excludes halogenated alkanes) is 3. The normalized spacial score (nSPS) is 22.1. The Morgan fingerprint density at radius 1 is 1.07 bits per heavy atom. The molecule has 2 aliphatic heterocycles. The Hall–Kier alpha value is -2.37. The molecule has 2 fully saturated rings. The van der Waals surface area contributed by atoms with Gasteiger partial charge in [0.15, 0.2) is 0 Å². The lowest BCUT2D eigenvalue weighted by atomic mass is 9.94.